The molecule has 1 aliphatic rings. The fourth-order valence-electron chi connectivity index (χ4n) is 3.36. The summed E-state index contributed by atoms with van der Waals surface area (Å²) in [6.45, 7) is 4.67. The zero-order valence-corrected chi connectivity index (χ0v) is 12.2. The molecule has 2 N–H and O–H groups in total. The second kappa shape index (κ2) is 4.41. The molecule has 19 heavy (non-hydrogen) atoms. The molecule has 0 radical (unpaired) electrons. The molecule has 0 saturated heterocycles. The van der Waals surface area contributed by atoms with Crippen molar-refractivity contribution in [3.05, 3.63) is 23.2 Å². The van der Waals surface area contributed by atoms with Crippen LogP contribution in [0.2, 0.25) is 5.02 Å². The van der Waals surface area contributed by atoms with E-state index in [4.69, 9.17) is 17.3 Å². The third-order valence-corrected chi connectivity index (χ3v) is 4.55. The van der Waals surface area contributed by atoms with Crippen molar-refractivity contribution in [3.63, 3.8) is 0 Å². The predicted molar refractivity (Wildman–Crippen MR) is 80.4 cm³/mol. The smallest absolute Gasteiger partial charge is 0.201 e. The highest BCUT2D eigenvalue weighted by Gasteiger charge is 2.30. The lowest BCUT2D eigenvalue weighted by molar-refractivity contribution is 0.187. The Bertz CT molecular complexity index is 615. The summed E-state index contributed by atoms with van der Waals surface area (Å²) in [6, 6.07) is 6.33. The lowest BCUT2D eigenvalue weighted by Gasteiger charge is -2.36. The van der Waals surface area contributed by atoms with Gasteiger partial charge in [0.1, 0.15) is 5.52 Å². The number of hydrogen-bond donors (Lipinski definition) is 1. The molecule has 1 fully saturated rings. The first-order chi connectivity index (χ1) is 8.98. The van der Waals surface area contributed by atoms with Gasteiger partial charge in [-0.05, 0) is 36.8 Å². The van der Waals surface area contributed by atoms with Crippen molar-refractivity contribution in [2.45, 2.75) is 45.6 Å². The predicted octanol–water partition coefficient (Wildman–Crippen LogP) is 4.41. The number of nitrogens with zero attached hydrogens (tertiary/aromatic N) is 2. The van der Waals surface area contributed by atoms with Crippen LogP contribution in [-0.4, -0.2) is 9.55 Å². The van der Waals surface area contributed by atoms with Gasteiger partial charge in [0.25, 0.3) is 0 Å². The lowest BCUT2D eigenvalue weighted by atomic mass is 9.75. The van der Waals surface area contributed by atoms with Crippen LogP contribution in [0.1, 0.15) is 45.6 Å². The van der Waals surface area contributed by atoms with Crippen LogP contribution >= 0.6 is 11.6 Å². The van der Waals surface area contributed by atoms with Gasteiger partial charge < -0.3 is 10.3 Å². The van der Waals surface area contributed by atoms with Crippen molar-refractivity contribution in [2.75, 3.05) is 5.73 Å². The molecular formula is C15H20ClN3. The molecule has 1 unspecified atom stereocenters. The minimum atomic E-state index is 0.379. The minimum absolute atomic E-state index is 0.379. The molecule has 2 aromatic rings. The first-order valence-corrected chi connectivity index (χ1v) is 7.28. The molecule has 0 bridgehead atoms. The fourth-order valence-corrected chi connectivity index (χ4v) is 3.58. The number of rotatable bonds is 1. The Hall–Kier alpha value is -1.22. The van der Waals surface area contributed by atoms with E-state index in [-0.39, 0.29) is 0 Å². The maximum atomic E-state index is 6.21. The minimum Gasteiger partial charge on any atom is -0.369 e. The van der Waals surface area contributed by atoms with Crippen molar-refractivity contribution in [3.8, 4) is 0 Å². The van der Waals surface area contributed by atoms with Crippen LogP contribution in [0.15, 0.2) is 18.2 Å². The Morgan fingerprint density at radius 3 is 2.95 bits per heavy atom. The molecule has 1 atom stereocenters. The highest BCUT2D eigenvalue weighted by molar-refractivity contribution is 6.35. The number of benzene rings is 1. The highest BCUT2D eigenvalue weighted by atomic mass is 35.5. The van der Waals surface area contributed by atoms with Gasteiger partial charge in [-0.25, -0.2) is 4.98 Å². The number of halogens is 1. The monoisotopic (exact) mass is 277 g/mol. The summed E-state index contributed by atoms with van der Waals surface area (Å²) >= 11 is 6.21. The van der Waals surface area contributed by atoms with Gasteiger partial charge in [0.05, 0.1) is 10.5 Å². The van der Waals surface area contributed by atoms with E-state index in [9.17, 15) is 0 Å². The topological polar surface area (TPSA) is 43.8 Å². The zero-order valence-electron chi connectivity index (χ0n) is 11.5. The normalized spacial score (nSPS) is 22.8. The Kier molecular flexibility index (Phi) is 2.97. The summed E-state index contributed by atoms with van der Waals surface area (Å²) in [7, 11) is 0. The van der Waals surface area contributed by atoms with Crippen LogP contribution in [0.4, 0.5) is 5.95 Å². The summed E-state index contributed by atoms with van der Waals surface area (Å²) < 4.78 is 2.18. The van der Waals surface area contributed by atoms with Gasteiger partial charge in [-0.2, -0.15) is 0 Å². The molecule has 102 valence electrons. The van der Waals surface area contributed by atoms with Crippen molar-refractivity contribution in [1.82, 2.24) is 9.55 Å². The summed E-state index contributed by atoms with van der Waals surface area (Å²) in [5.41, 5.74) is 8.40. The van der Waals surface area contributed by atoms with E-state index < -0.39 is 0 Å². The first kappa shape index (κ1) is 12.8. The number of imidazole rings is 1. The number of aromatic nitrogens is 2. The van der Waals surface area contributed by atoms with Gasteiger partial charge in [0.15, 0.2) is 0 Å². The van der Waals surface area contributed by atoms with E-state index in [2.05, 4.69) is 29.5 Å². The van der Waals surface area contributed by atoms with Gasteiger partial charge in [0.2, 0.25) is 5.95 Å². The highest BCUT2D eigenvalue weighted by Crippen LogP contribution is 2.43. The first-order valence-electron chi connectivity index (χ1n) is 6.90. The Morgan fingerprint density at radius 1 is 1.42 bits per heavy atom. The summed E-state index contributed by atoms with van der Waals surface area (Å²) in [5.74, 6) is 0.589. The van der Waals surface area contributed by atoms with Crippen LogP contribution in [0.25, 0.3) is 11.0 Å². The van der Waals surface area contributed by atoms with E-state index in [1.807, 2.05) is 12.1 Å². The number of anilines is 1. The van der Waals surface area contributed by atoms with Crippen molar-refractivity contribution < 1.29 is 0 Å². The average Bonchev–Trinajstić information content (AvgIpc) is 2.66. The SMILES string of the molecule is CC1(C)CCCC(n2c(N)nc3c(Cl)cccc32)C1. The van der Waals surface area contributed by atoms with Crippen LogP contribution in [0.5, 0.6) is 0 Å². The van der Waals surface area contributed by atoms with Gasteiger partial charge in [-0.1, -0.05) is 37.9 Å². The molecule has 0 spiro atoms. The van der Waals surface area contributed by atoms with Gasteiger partial charge in [0, 0.05) is 6.04 Å². The second-order valence-electron chi connectivity index (χ2n) is 6.36. The number of hydrogen-bond acceptors (Lipinski definition) is 2. The maximum Gasteiger partial charge on any atom is 0.201 e. The molecule has 1 saturated carbocycles. The van der Waals surface area contributed by atoms with Gasteiger partial charge >= 0.3 is 0 Å². The van der Waals surface area contributed by atoms with Crippen LogP contribution < -0.4 is 5.73 Å². The van der Waals surface area contributed by atoms with E-state index in [0.717, 1.165) is 17.5 Å². The van der Waals surface area contributed by atoms with Crippen LogP contribution in [-0.2, 0) is 0 Å². The third kappa shape index (κ3) is 2.20. The van der Waals surface area contributed by atoms with E-state index >= 15 is 0 Å². The van der Waals surface area contributed by atoms with Crippen molar-refractivity contribution >= 4 is 28.6 Å². The molecule has 3 rings (SSSR count). The van der Waals surface area contributed by atoms with E-state index in [1.165, 1.54) is 19.3 Å². The molecule has 1 aliphatic carbocycles. The number of para-hydroxylation sites is 1. The summed E-state index contributed by atoms with van der Waals surface area (Å²) in [4.78, 5) is 4.44. The lowest BCUT2D eigenvalue weighted by Crippen LogP contribution is -2.25. The van der Waals surface area contributed by atoms with Crippen LogP contribution in [0, 0.1) is 5.41 Å². The Labute approximate surface area is 118 Å². The molecule has 1 heterocycles. The zero-order chi connectivity index (χ0) is 13.6. The van der Waals surface area contributed by atoms with E-state index in [0.29, 0.717) is 22.4 Å². The molecular weight excluding hydrogens is 258 g/mol. The molecule has 3 nitrogen and oxygen atoms in total. The summed E-state index contributed by atoms with van der Waals surface area (Å²) in [5, 5.41) is 0.679. The quantitative estimate of drug-likeness (QED) is 0.839. The molecule has 4 heteroatoms. The largest absolute Gasteiger partial charge is 0.369 e. The Balaban J connectivity index is 2.10. The average molecular weight is 278 g/mol. The van der Waals surface area contributed by atoms with E-state index in [1.54, 1.807) is 0 Å². The maximum absolute atomic E-state index is 6.21. The number of fused-ring (bicyclic) bond motifs is 1. The van der Waals surface area contributed by atoms with Gasteiger partial charge in [-0.3, -0.25) is 0 Å². The Morgan fingerprint density at radius 2 is 2.21 bits per heavy atom. The van der Waals surface area contributed by atoms with Crippen LogP contribution in [0.3, 0.4) is 0 Å². The summed E-state index contributed by atoms with van der Waals surface area (Å²) in [6.07, 6.45) is 4.86. The van der Waals surface area contributed by atoms with Crippen molar-refractivity contribution in [2.24, 2.45) is 5.41 Å². The third-order valence-electron chi connectivity index (χ3n) is 4.24. The standard InChI is InChI=1S/C15H20ClN3/c1-15(2)8-4-5-10(9-15)19-12-7-3-6-11(16)13(12)18-14(19)17/h3,6-7,10H,4-5,8-9H2,1-2H3,(H2,17,18). The number of nitrogen functional groups attached to an aromatic ring is 1. The molecule has 0 amide bonds. The molecule has 1 aromatic heterocycles. The second-order valence-corrected chi connectivity index (χ2v) is 6.77. The molecule has 0 aliphatic heterocycles. The molecule has 1 aromatic carbocycles. The number of nitrogens with two attached hydrogens (primary N) is 1. The van der Waals surface area contributed by atoms with Gasteiger partial charge in [-0.15, -0.1) is 0 Å². The van der Waals surface area contributed by atoms with Crippen molar-refractivity contribution in [1.29, 1.82) is 0 Å². The fraction of sp³-hybridized carbons (Fsp3) is 0.533.